The number of hydrogen-bond acceptors (Lipinski definition) is 2. The smallest absolute Gasteiger partial charge is 0.254 e. The summed E-state index contributed by atoms with van der Waals surface area (Å²) in [5, 5.41) is 3.04. The lowest BCUT2D eigenvalue weighted by Gasteiger charge is -2.33. The highest BCUT2D eigenvalue weighted by molar-refractivity contribution is 9.10. The molecular formula is C16H21BrN2O2. The topological polar surface area (TPSA) is 49.4 Å². The standard InChI is InChI=1S/C16H21BrN2O2/c1-11(2)15(20)18-12-7-9-19(10-8-12)16(21)13-5-3-4-6-14(13)17/h3-6,11-12H,7-10H2,1-2H3,(H,18,20). The minimum absolute atomic E-state index is 0.00457. The Morgan fingerprint density at radius 3 is 2.43 bits per heavy atom. The molecule has 0 atom stereocenters. The van der Waals surface area contributed by atoms with Crippen LogP contribution in [0, 0.1) is 5.92 Å². The summed E-state index contributed by atoms with van der Waals surface area (Å²) in [6, 6.07) is 7.66. The van der Waals surface area contributed by atoms with Crippen LogP contribution in [0.25, 0.3) is 0 Å². The molecule has 1 fully saturated rings. The molecule has 21 heavy (non-hydrogen) atoms. The van der Waals surface area contributed by atoms with E-state index < -0.39 is 0 Å². The largest absolute Gasteiger partial charge is 0.353 e. The number of nitrogens with zero attached hydrogens (tertiary/aromatic N) is 1. The van der Waals surface area contributed by atoms with E-state index in [-0.39, 0.29) is 23.8 Å². The number of carbonyl (C=O) groups is 2. The highest BCUT2D eigenvalue weighted by Gasteiger charge is 2.25. The van der Waals surface area contributed by atoms with Crippen LogP contribution in [0.2, 0.25) is 0 Å². The van der Waals surface area contributed by atoms with E-state index in [1.807, 2.05) is 43.0 Å². The normalized spacial score (nSPS) is 16.1. The molecule has 1 aromatic rings. The van der Waals surface area contributed by atoms with Crippen molar-refractivity contribution in [3.8, 4) is 0 Å². The summed E-state index contributed by atoms with van der Waals surface area (Å²) in [5.41, 5.74) is 0.696. The molecule has 0 saturated carbocycles. The summed E-state index contributed by atoms with van der Waals surface area (Å²) >= 11 is 3.42. The van der Waals surface area contributed by atoms with E-state index in [4.69, 9.17) is 0 Å². The summed E-state index contributed by atoms with van der Waals surface area (Å²) in [7, 11) is 0. The maximum atomic E-state index is 12.5. The zero-order valence-electron chi connectivity index (χ0n) is 12.4. The van der Waals surface area contributed by atoms with Gasteiger partial charge in [0.05, 0.1) is 5.56 Å². The first-order chi connectivity index (χ1) is 9.99. The molecule has 5 heteroatoms. The Hall–Kier alpha value is -1.36. The third kappa shape index (κ3) is 4.06. The zero-order valence-corrected chi connectivity index (χ0v) is 14.0. The van der Waals surface area contributed by atoms with Crippen LogP contribution in [0.15, 0.2) is 28.7 Å². The van der Waals surface area contributed by atoms with Crippen LogP contribution in [0.1, 0.15) is 37.0 Å². The third-order valence-electron chi connectivity index (χ3n) is 3.76. The molecule has 0 aliphatic carbocycles. The average Bonchev–Trinajstić information content (AvgIpc) is 2.47. The molecule has 1 aliphatic rings. The first kappa shape index (κ1) is 16.0. The van der Waals surface area contributed by atoms with E-state index in [0.717, 1.165) is 17.3 Å². The summed E-state index contributed by atoms with van der Waals surface area (Å²) in [6.07, 6.45) is 1.63. The van der Waals surface area contributed by atoms with E-state index in [2.05, 4.69) is 21.2 Å². The highest BCUT2D eigenvalue weighted by Crippen LogP contribution is 2.20. The molecule has 2 rings (SSSR count). The minimum atomic E-state index is 0.00457. The Balaban J connectivity index is 1.91. The van der Waals surface area contributed by atoms with E-state index >= 15 is 0 Å². The summed E-state index contributed by atoms with van der Waals surface area (Å²) in [6.45, 7) is 5.15. The van der Waals surface area contributed by atoms with E-state index in [9.17, 15) is 9.59 Å². The predicted octanol–water partition coefficient (Wildman–Crippen LogP) is 2.83. The van der Waals surface area contributed by atoms with Crippen LogP contribution in [-0.4, -0.2) is 35.8 Å². The van der Waals surface area contributed by atoms with Crippen molar-refractivity contribution in [3.63, 3.8) is 0 Å². The van der Waals surface area contributed by atoms with Crippen molar-refractivity contribution >= 4 is 27.7 Å². The second kappa shape index (κ2) is 7.07. The molecule has 4 nitrogen and oxygen atoms in total. The molecule has 1 N–H and O–H groups in total. The number of likely N-dealkylation sites (tertiary alicyclic amines) is 1. The Kier molecular flexibility index (Phi) is 5.39. The number of piperidine rings is 1. The van der Waals surface area contributed by atoms with Crippen LogP contribution < -0.4 is 5.32 Å². The van der Waals surface area contributed by atoms with Crippen LogP contribution in [-0.2, 0) is 4.79 Å². The molecule has 0 unspecified atom stereocenters. The highest BCUT2D eigenvalue weighted by atomic mass is 79.9. The second-order valence-electron chi connectivity index (χ2n) is 5.71. The van der Waals surface area contributed by atoms with Crippen molar-refractivity contribution in [2.24, 2.45) is 5.92 Å². The first-order valence-electron chi connectivity index (χ1n) is 7.33. The molecule has 1 saturated heterocycles. The number of benzene rings is 1. The fourth-order valence-corrected chi connectivity index (χ4v) is 2.85. The van der Waals surface area contributed by atoms with Gasteiger partial charge in [0, 0.05) is 29.5 Å². The Bertz CT molecular complexity index is 523. The first-order valence-corrected chi connectivity index (χ1v) is 8.12. The quantitative estimate of drug-likeness (QED) is 0.909. The predicted molar refractivity (Wildman–Crippen MR) is 86.0 cm³/mol. The number of nitrogens with one attached hydrogen (secondary N) is 1. The lowest BCUT2D eigenvalue weighted by molar-refractivity contribution is -0.124. The number of hydrogen-bond donors (Lipinski definition) is 1. The van der Waals surface area contributed by atoms with Gasteiger partial charge in [-0.2, -0.15) is 0 Å². The molecule has 2 amide bonds. The van der Waals surface area contributed by atoms with Crippen LogP contribution >= 0.6 is 15.9 Å². The maximum absolute atomic E-state index is 12.5. The fraction of sp³-hybridized carbons (Fsp3) is 0.500. The summed E-state index contributed by atoms with van der Waals surface area (Å²) in [4.78, 5) is 26.0. The summed E-state index contributed by atoms with van der Waals surface area (Å²) in [5.74, 6) is 0.145. The number of carbonyl (C=O) groups excluding carboxylic acids is 2. The zero-order chi connectivity index (χ0) is 15.4. The molecule has 114 valence electrons. The van der Waals surface area contributed by atoms with Crippen molar-refractivity contribution in [2.75, 3.05) is 13.1 Å². The fourth-order valence-electron chi connectivity index (χ4n) is 2.40. The minimum Gasteiger partial charge on any atom is -0.353 e. The SMILES string of the molecule is CC(C)C(=O)NC1CCN(C(=O)c2ccccc2Br)CC1. The van der Waals surface area contributed by atoms with Gasteiger partial charge in [-0.25, -0.2) is 0 Å². The Labute approximate surface area is 134 Å². The van der Waals surface area contributed by atoms with Crippen molar-refractivity contribution < 1.29 is 9.59 Å². The van der Waals surface area contributed by atoms with Crippen molar-refractivity contribution in [1.82, 2.24) is 10.2 Å². The molecule has 1 aliphatic heterocycles. The van der Waals surface area contributed by atoms with Gasteiger partial charge >= 0.3 is 0 Å². The van der Waals surface area contributed by atoms with Crippen molar-refractivity contribution in [1.29, 1.82) is 0 Å². The Morgan fingerprint density at radius 2 is 1.86 bits per heavy atom. The van der Waals surface area contributed by atoms with Crippen LogP contribution in [0.3, 0.4) is 0 Å². The Morgan fingerprint density at radius 1 is 1.24 bits per heavy atom. The molecule has 1 heterocycles. The van der Waals surface area contributed by atoms with Gasteiger partial charge in [0.2, 0.25) is 5.91 Å². The summed E-state index contributed by atoms with van der Waals surface area (Å²) < 4.78 is 0.824. The number of halogens is 1. The van der Waals surface area contributed by atoms with Gasteiger partial charge in [-0.1, -0.05) is 26.0 Å². The van der Waals surface area contributed by atoms with Gasteiger partial charge in [-0.3, -0.25) is 9.59 Å². The number of rotatable bonds is 3. The lowest BCUT2D eigenvalue weighted by Crippen LogP contribution is -2.47. The van der Waals surface area contributed by atoms with E-state index in [1.54, 1.807) is 0 Å². The van der Waals surface area contributed by atoms with Crippen LogP contribution in [0.5, 0.6) is 0 Å². The van der Waals surface area contributed by atoms with Gasteiger partial charge in [0.1, 0.15) is 0 Å². The van der Waals surface area contributed by atoms with Crippen molar-refractivity contribution in [3.05, 3.63) is 34.3 Å². The molecular weight excluding hydrogens is 332 g/mol. The average molecular weight is 353 g/mol. The van der Waals surface area contributed by atoms with Gasteiger partial charge in [-0.15, -0.1) is 0 Å². The maximum Gasteiger partial charge on any atom is 0.254 e. The van der Waals surface area contributed by atoms with E-state index in [1.165, 1.54) is 0 Å². The monoisotopic (exact) mass is 352 g/mol. The number of amides is 2. The van der Waals surface area contributed by atoms with Gasteiger partial charge in [0.15, 0.2) is 0 Å². The van der Waals surface area contributed by atoms with Gasteiger partial charge in [0.25, 0.3) is 5.91 Å². The van der Waals surface area contributed by atoms with Gasteiger partial charge < -0.3 is 10.2 Å². The third-order valence-corrected chi connectivity index (χ3v) is 4.45. The molecule has 0 bridgehead atoms. The van der Waals surface area contributed by atoms with Crippen LogP contribution in [0.4, 0.5) is 0 Å². The molecule has 0 aromatic heterocycles. The molecule has 0 radical (unpaired) electrons. The lowest BCUT2D eigenvalue weighted by atomic mass is 10.0. The van der Waals surface area contributed by atoms with Crippen molar-refractivity contribution in [2.45, 2.75) is 32.7 Å². The second-order valence-corrected chi connectivity index (χ2v) is 6.56. The van der Waals surface area contributed by atoms with Gasteiger partial charge in [-0.05, 0) is 40.9 Å². The van der Waals surface area contributed by atoms with E-state index in [0.29, 0.717) is 18.7 Å². The molecule has 0 spiro atoms. The molecule has 1 aromatic carbocycles.